The molecule has 0 aliphatic rings. The lowest BCUT2D eigenvalue weighted by Crippen LogP contribution is -2.09. The first-order valence-corrected chi connectivity index (χ1v) is 15.3. The van der Waals surface area contributed by atoms with Crippen LogP contribution in [0.3, 0.4) is 0 Å². The van der Waals surface area contributed by atoms with E-state index in [2.05, 4.69) is 83.8 Å². The van der Waals surface area contributed by atoms with E-state index in [4.69, 9.17) is 9.97 Å². The van der Waals surface area contributed by atoms with Gasteiger partial charge in [-0.3, -0.25) is 0 Å². The molecule has 0 atom stereocenters. The summed E-state index contributed by atoms with van der Waals surface area (Å²) in [4.78, 5) is 12.5. The normalized spacial score (nSPS) is 11.2. The molecule has 0 aliphatic heterocycles. The van der Waals surface area contributed by atoms with Crippen molar-refractivity contribution >= 4 is 38.9 Å². The molecular weight excluding hydrogens is 565 g/mol. The van der Waals surface area contributed by atoms with E-state index < -0.39 is 0 Å². The third-order valence-corrected chi connectivity index (χ3v) is 8.29. The number of anilines is 3. The maximum absolute atomic E-state index is 14.3. The Bertz CT molecular complexity index is 2300. The highest BCUT2D eigenvalue weighted by Crippen LogP contribution is 2.37. The van der Waals surface area contributed by atoms with Crippen LogP contribution in [0.25, 0.3) is 55.4 Å². The van der Waals surface area contributed by atoms with Gasteiger partial charge >= 0.3 is 0 Å². The fraction of sp³-hybridized carbons (Fsp3) is 0. The van der Waals surface area contributed by atoms with E-state index in [1.54, 1.807) is 12.1 Å². The van der Waals surface area contributed by atoms with Crippen LogP contribution in [0.4, 0.5) is 21.5 Å². The van der Waals surface area contributed by atoms with Crippen molar-refractivity contribution in [2.75, 3.05) is 4.90 Å². The van der Waals surface area contributed by atoms with Gasteiger partial charge in [-0.15, -0.1) is 0 Å². The van der Waals surface area contributed by atoms with Gasteiger partial charge in [0.2, 0.25) is 0 Å². The zero-order chi connectivity index (χ0) is 30.9. The van der Waals surface area contributed by atoms with Gasteiger partial charge in [0.25, 0.3) is 0 Å². The molecule has 7 aromatic carbocycles. The summed E-state index contributed by atoms with van der Waals surface area (Å²) in [6, 6.07) is 56.3. The Balaban J connectivity index is 1.24. The van der Waals surface area contributed by atoms with Gasteiger partial charge in [0.15, 0.2) is 0 Å². The molecule has 0 spiro atoms. The molecule has 0 saturated carbocycles. The van der Waals surface area contributed by atoms with Crippen molar-refractivity contribution in [3.63, 3.8) is 0 Å². The molecule has 0 aliphatic carbocycles. The summed E-state index contributed by atoms with van der Waals surface area (Å²) in [5.41, 5.74) is 10.3. The maximum Gasteiger partial charge on any atom is 0.125 e. The molecular formula is C42H28FN3. The molecule has 46 heavy (non-hydrogen) atoms. The van der Waals surface area contributed by atoms with E-state index in [0.29, 0.717) is 0 Å². The molecule has 0 fully saturated rings. The maximum atomic E-state index is 14.3. The summed E-state index contributed by atoms with van der Waals surface area (Å²) in [5, 5.41) is 2.16. The van der Waals surface area contributed by atoms with Crippen molar-refractivity contribution in [2.45, 2.75) is 0 Å². The zero-order valence-corrected chi connectivity index (χ0v) is 24.9. The Morgan fingerprint density at radius 1 is 0.413 bits per heavy atom. The average molecular weight is 594 g/mol. The van der Waals surface area contributed by atoms with E-state index in [-0.39, 0.29) is 5.82 Å². The molecule has 0 saturated heterocycles. The Labute approximate surface area is 266 Å². The number of hydrogen-bond acceptors (Lipinski definition) is 3. The Kier molecular flexibility index (Phi) is 7.01. The van der Waals surface area contributed by atoms with Crippen LogP contribution in [-0.2, 0) is 0 Å². The monoisotopic (exact) mass is 593 g/mol. The molecule has 1 heterocycles. The smallest absolute Gasteiger partial charge is 0.125 e. The predicted octanol–water partition coefficient (Wildman–Crippen LogP) is 11.4. The van der Waals surface area contributed by atoms with Crippen molar-refractivity contribution in [3.8, 4) is 33.6 Å². The van der Waals surface area contributed by atoms with Crippen LogP contribution < -0.4 is 4.90 Å². The molecule has 0 unspecified atom stereocenters. The number of benzene rings is 7. The number of fused-ring (bicyclic) bond motifs is 3. The first-order valence-electron chi connectivity index (χ1n) is 15.3. The van der Waals surface area contributed by atoms with Crippen LogP contribution in [0, 0.1) is 5.82 Å². The summed E-state index contributed by atoms with van der Waals surface area (Å²) in [7, 11) is 0. The van der Waals surface area contributed by atoms with Gasteiger partial charge in [0.1, 0.15) is 5.82 Å². The van der Waals surface area contributed by atoms with E-state index in [1.807, 2.05) is 72.8 Å². The highest BCUT2D eigenvalue weighted by atomic mass is 19.1. The number of halogens is 1. The van der Waals surface area contributed by atoms with Crippen molar-refractivity contribution in [2.24, 2.45) is 0 Å². The molecule has 8 aromatic rings. The predicted molar refractivity (Wildman–Crippen MR) is 188 cm³/mol. The number of rotatable bonds is 6. The third-order valence-electron chi connectivity index (χ3n) is 8.29. The number of hydrogen-bond donors (Lipinski definition) is 0. The number of aromatic nitrogens is 2. The van der Waals surface area contributed by atoms with E-state index in [9.17, 15) is 4.39 Å². The Morgan fingerprint density at radius 3 is 1.65 bits per heavy atom. The largest absolute Gasteiger partial charge is 0.310 e. The van der Waals surface area contributed by atoms with E-state index >= 15 is 0 Å². The second kappa shape index (κ2) is 11.8. The van der Waals surface area contributed by atoms with Gasteiger partial charge in [0, 0.05) is 33.6 Å². The summed E-state index contributed by atoms with van der Waals surface area (Å²) < 4.78 is 14.3. The molecule has 3 nitrogen and oxygen atoms in total. The van der Waals surface area contributed by atoms with Gasteiger partial charge in [-0.25, -0.2) is 14.4 Å². The molecule has 0 bridgehead atoms. The topological polar surface area (TPSA) is 29.0 Å². The molecule has 4 heteroatoms. The van der Waals surface area contributed by atoms with Gasteiger partial charge in [-0.1, -0.05) is 115 Å². The molecule has 0 N–H and O–H groups in total. The lowest BCUT2D eigenvalue weighted by atomic mass is 9.99. The fourth-order valence-electron chi connectivity index (χ4n) is 6.05. The van der Waals surface area contributed by atoms with Gasteiger partial charge in [-0.2, -0.15) is 0 Å². The van der Waals surface area contributed by atoms with Crippen molar-refractivity contribution in [3.05, 3.63) is 176 Å². The summed E-state index contributed by atoms with van der Waals surface area (Å²) in [6.07, 6.45) is 0. The highest BCUT2D eigenvalue weighted by molar-refractivity contribution is 6.07. The lowest BCUT2D eigenvalue weighted by molar-refractivity contribution is 0.628. The fourth-order valence-corrected chi connectivity index (χ4v) is 6.05. The standard InChI is InChI=1S/C42H28FN3/c43-34-15-10-18-37(28-34)46(35-16-8-3-9-17-35)36-24-21-29(22-25-36)33-20-19-30-23-26-39-42(38(30)27-33)45-41(32-13-6-2-7-14-32)40(44-39)31-11-4-1-5-12-31/h1-28H. The van der Waals surface area contributed by atoms with E-state index in [1.165, 1.54) is 6.07 Å². The van der Waals surface area contributed by atoms with Gasteiger partial charge < -0.3 is 4.90 Å². The van der Waals surface area contributed by atoms with Crippen LogP contribution in [0.2, 0.25) is 0 Å². The van der Waals surface area contributed by atoms with Crippen LogP contribution in [0.5, 0.6) is 0 Å². The SMILES string of the molecule is Fc1cccc(N(c2ccccc2)c2ccc(-c3ccc4ccc5nc(-c6ccccc6)c(-c6ccccc6)nc5c4c3)cc2)c1. The number of para-hydroxylation sites is 1. The van der Waals surface area contributed by atoms with Crippen LogP contribution in [0.1, 0.15) is 0 Å². The molecule has 0 radical (unpaired) electrons. The summed E-state index contributed by atoms with van der Waals surface area (Å²) in [6.45, 7) is 0. The van der Waals surface area contributed by atoms with Crippen LogP contribution >= 0.6 is 0 Å². The summed E-state index contributed by atoms with van der Waals surface area (Å²) in [5.74, 6) is -0.271. The summed E-state index contributed by atoms with van der Waals surface area (Å²) >= 11 is 0. The minimum absolute atomic E-state index is 0.271. The lowest BCUT2D eigenvalue weighted by Gasteiger charge is -2.25. The zero-order valence-electron chi connectivity index (χ0n) is 24.9. The first-order chi connectivity index (χ1) is 22.7. The minimum Gasteiger partial charge on any atom is -0.310 e. The molecule has 1 aromatic heterocycles. The number of nitrogens with zero attached hydrogens (tertiary/aromatic N) is 3. The third kappa shape index (κ3) is 5.16. The van der Waals surface area contributed by atoms with E-state index in [0.717, 1.165) is 72.5 Å². The average Bonchev–Trinajstić information content (AvgIpc) is 3.12. The second-order valence-corrected chi connectivity index (χ2v) is 11.2. The van der Waals surface area contributed by atoms with Crippen LogP contribution in [-0.4, -0.2) is 9.97 Å². The van der Waals surface area contributed by atoms with Crippen molar-refractivity contribution < 1.29 is 4.39 Å². The van der Waals surface area contributed by atoms with Crippen molar-refractivity contribution in [1.29, 1.82) is 0 Å². The molecule has 218 valence electrons. The minimum atomic E-state index is -0.271. The molecule has 0 amide bonds. The quantitative estimate of drug-likeness (QED) is 0.180. The van der Waals surface area contributed by atoms with Gasteiger partial charge in [-0.05, 0) is 71.1 Å². The van der Waals surface area contributed by atoms with Crippen molar-refractivity contribution in [1.82, 2.24) is 9.97 Å². The Hall–Kier alpha value is -6.13. The van der Waals surface area contributed by atoms with Crippen LogP contribution in [0.15, 0.2) is 170 Å². The Morgan fingerprint density at radius 2 is 0.978 bits per heavy atom. The highest BCUT2D eigenvalue weighted by Gasteiger charge is 2.16. The van der Waals surface area contributed by atoms with Gasteiger partial charge in [0.05, 0.1) is 22.4 Å². The first kappa shape index (κ1) is 27.4. The second-order valence-electron chi connectivity index (χ2n) is 11.2. The molecule has 8 rings (SSSR count).